The molecule has 0 bridgehead atoms. The van der Waals surface area contributed by atoms with Gasteiger partial charge in [0, 0.05) is 24.6 Å². The number of aliphatic imine (C=N–C) groups is 1. The number of hydrogen-bond acceptors (Lipinski definition) is 6. The molecule has 2 N–H and O–H groups in total. The smallest absolute Gasteiger partial charge is 0.234 e. The number of nitrogens with zero attached hydrogens (tertiary/aromatic N) is 1. The molecule has 0 fully saturated rings. The lowest BCUT2D eigenvalue weighted by molar-refractivity contribution is -0.113. The fourth-order valence-electron chi connectivity index (χ4n) is 2.04. The van der Waals surface area contributed by atoms with Crippen molar-refractivity contribution in [3.8, 4) is 11.5 Å². The summed E-state index contributed by atoms with van der Waals surface area (Å²) >= 11 is 1.40. The van der Waals surface area contributed by atoms with Crippen molar-refractivity contribution < 1.29 is 14.3 Å². The molecule has 0 saturated carbocycles. The first-order valence-electron chi connectivity index (χ1n) is 7.36. The van der Waals surface area contributed by atoms with Gasteiger partial charge in [-0.3, -0.25) is 9.79 Å². The molecule has 2 rings (SSSR count). The van der Waals surface area contributed by atoms with Crippen LogP contribution in [0.4, 0.5) is 5.69 Å². The van der Waals surface area contributed by atoms with Crippen molar-refractivity contribution in [2.45, 2.75) is 13.8 Å². The van der Waals surface area contributed by atoms with Crippen molar-refractivity contribution >= 4 is 28.5 Å². The van der Waals surface area contributed by atoms with Gasteiger partial charge in [-0.25, -0.2) is 0 Å². The summed E-state index contributed by atoms with van der Waals surface area (Å²) in [6.45, 7) is 5.96. The minimum absolute atomic E-state index is 0.115. The van der Waals surface area contributed by atoms with Crippen LogP contribution >= 0.6 is 11.8 Å². The first-order valence-corrected chi connectivity index (χ1v) is 8.35. The van der Waals surface area contributed by atoms with Gasteiger partial charge in [-0.1, -0.05) is 25.6 Å². The third-order valence-electron chi connectivity index (χ3n) is 3.39. The van der Waals surface area contributed by atoms with Crippen LogP contribution in [0.2, 0.25) is 0 Å². The van der Waals surface area contributed by atoms with Gasteiger partial charge in [0.05, 0.1) is 25.7 Å². The molecule has 0 radical (unpaired) electrons. The highest BCUT2D eigenvalue weighted by molar-refractivity contribution is 8.14. The van der Waals surface area contributed by atoms with Gasteiger partial charge in [0.25, 0.3) is 0 Å². The average Bonchev–Trinajstić information content (AvgIpc) is 2.53. The predicted molar refractivity (Wildman–Crippen MR) is 94.7 cm³/mol. The van der Waals surface area contributed by atoms with Crippen LogP contribution in [0.3, 0.4) is 0 Å². The van der Waals surface area contributed by atoms with E-state index in [0.717, 1.165) is 18.3 Å². The Hall–Kier alpha value is -1.89. The first-order chi connectivity index (χ1) is 10.9. The lowest BCUT2D eigenvalue weighted by Crippen LogP contribution is -2.39. The molecule has 0 saturated heterocycles. The summed E-state index contributed by atoms with van der Waals surface area (Å²) in [5.41, 5.74) is 0.762. The Balaban J connectivity index is 1.91. The number of carbonyl (C=O) groups is 1. The third-order valence-corrected chi connectivity index (χ3v) is 4.34. The van der Waals surface area contributed by atoms with Crippen molar-refractivity contribution in [3.05, 3.63) is 18.2 Å². The molecule has 1 aliphatic rings. The number of benzene rings is 1. The molecule has 7 heteroatoms. The Bertz CT molecular complexity index is 602. The third kappa shape index (κ3) is 5.06. The van der Waals surface area contributed by atoms with E-state index in [-0.39, 0.29) is 17.1 Å². The largest absolute Gasteiger partial charge is 0.497 e. The molecule has 1 aliphatic heterocycles. The summed E-state index contributed by atoms with van der Waals surface area (Å²) in [4.78, 5) is 16.6. The molecule has 0 atom stereocenters. The Labute approximate surface area is 141 Å². The van der Waals surface area contributed by atoms with E-state index < -0.39 is 0 Å². The summed E-state index contributed by atoms with van der Waals surface area (Å²) in [7, 11) is 3.15. The van der Waals surface area contributed by atoms with E-state index in [1.54, 1.807) is 32.4 Å². The maximum atomic E-state index is 12.1. The molecule has 0 unspecified atom stereocenters. The standard InChI is InChI=1S/C16H23N3O3S/c1-16(2)9-17-15(18-10-16)23-8-14(20)19-12-7-11(21-3)5-6-13(12)22-4/h5-7H,8-10H2,1-4H3,(H,17,18)(H,19,20). The van der Waals surface area contributed by atoms with E-state index in [1.165, 1.54) is 11.8 Å². The quantitative estimate of drug-likeness (QED) is 0.863. The van der Waals surface area contributed by atoms with Crippen LogP contribution in [-0.4, -0.2) is 44.1 Å². The van der Waals surface area contributed by atoms with Crippen LogP contribution in [0.1, 0.15) is 13.8 Å². The van der Waals surface area contributed by atoms with Crippen molar-refractivity contribution in [3.63, 3.8) is 0 Å². The Morgan fingerprint density at radius 1 is 1.39 bits per heavy atom. The zero-order valence-corrected chi connectivity index (χ0v) is 14.8. The summed E-state index contributed by atoms with van der Waals surface area (Å²) in [6.07, 6.45) is 0. The molecule has 23 heavy (non-hydrogen) atoms. The molecule has 0 spiro atoms. The van der Waals surface area contributed by atoms with E-state index in [1.807, 2.05) is 0 Å². The van der Waals surface area contributed by atoms with E-state index >= 15 is 0 Å². The fraction of sp³-hybridized carbons (Fsp3) is 0.500. The Morgan fingerprint density at radius 3 is 2.78 bits per heavy atom. The number of thioether (sulfide) groups is 1. The highest BCUT2D eigenvalue weighted by Crippen LogP contribution is 2.29. The van der Waals surface area contributed by atoms with Gasteiger partial charge < -0.3 is 20.1 Å². The highest BCUT2D eigenvalue weighted by atomic mass is 32.2. The van der Waals surface area contributed by atoms with Crippen LogP contribution < -0.4 is 20.1 Å². The van der Waals surface area contributed by atoms with Crippen LogP contribution in [0.15, 0.2) is 23.2 Å². The van der Waals surface area contributed by atoms with E-state index in [0.29, 0.717) is 17.2 Å². The fourth-order valence-corrected chi connectivity index (χ4v) is 2.71. The molecule has 1 amide bonds. The zero-order valence-electron chi connectivity index (χ0n) is 13.9. The van der Waals surface area contributed by atoms with Gasteiger partial charge in [0.1, 0.15) is 11.5 Å². The molecule has 1 heterocycles. The SMILES string of the molecule is COc1ccc(OC)c(NC(=O)CSC2=NCC(C)(C)CN2)c1. The van der Waals surface area contributed by atoms with E-state index in [4.69, 9.17) is 9.47 Å². The summed E-state index contributed by atoms with van der Waals surface area (Å²) in [5.74, 6) is 1.43. The second-order valence-electron chi connectivity index (χ2n) is 6.04. The molecule has 1 aromatic carbocycles. The molecular weight excluding hydrogens is 314 g/mol. The van der Waals surface area contributed by atoms with E-state index in [2.05, 4.69) is 29.5 Å². The van der Waals surface area contributed by atoms with Gasteiger partial charge in [-0.15, -0.1) is 0 Å². The number of nitrogens with one attached hydrogen (secondary N) is 2. The number of carbonyl (C=O) groups excluding carboxylic acids is 1. The van der Waals surface area contributed by atoms with Gasteiger partial charge in [-0.05, 0) is 12.1 Å². The van der Waals surface area contributed by atoms with Crippen LogP contribution in [0.25, 0.3) is 0 Å². The minimum atomic E-state index is -0.115. The number of anilines is 1. The first kappa shape index (κ1) is 17.5. The maximum Gasteiger partial charge on any atom is 0.234 e. The summed E-state index contributed by atoms with van der Waals surface area (Å²) in [6, 6.07) is 5.28. The van der Waals surface area contributed by atoms with Crippen LogP contribution in [-0.2, 0) is 4.79 Å². The number of amides is 1. The second-order valence-corrected chi connectivity index (χ2v) is 7.01. The lowest BCUT2D eigenvalue weighted by atomic mass is 9.93. The van der Waals surface area contributed by atoms with Crippen LogP contribution in [0.5, 0.6) is 11.5 Å². The Kier molecular flexibility index (Phi) is 5.76. The minimum Gasteiger partial charge on any atom is -0.497 e. The van der Waals surface area contributed by atoms with Crippen molar-refractivity contribution in [2.24, 2.45) is 10.4 Å². The average molecular weight is 337 g/mol. The molecule has 0 aromatic heterocycles. The number of hydrogen-bond donors (Lipinski definition) is 2. The molecule has 0 aliphatic carbocycles. The lowest BCUT2D eigenvalue weighted by Gasteiger charge is -2.28. The monoisotopic (exact) mass is 337 g/mol. The summed E-state index contributed by atoms with van der Waals surface area (Å²) in [5, 5.41) is 6.92. The molecule has 126 valence electrons. The second kappa shape index (κ2) is 7.59. The molecule has 6 nitrogen and oxygen atoms in total. The Morgan fingerprint density at radius 2 is 2.17 bits per heavy atom. The van der Waals surface area contributed by atoms with Crippen LogP contribution in [0, 0.1) is 5.41 Å². The maximum absolute atomic E-state index is 12.1. The van der Waals surface area contributed by atoms with Gasteiger partial charge in [0.15, 0.2) is 5.17 Å². The van der Waals surface area contributed by atoms with Crippen molar-refractivity contribution in [2.75, 3.05) is 38.4 Å². The van der Waals surface area contributed by atoms with Gasteiger partial charge in [-0.2, -0.15) is 0 Å². The van der Waals surface area contributed by atoms with Gasteiger partial charge >= 0.3 is 0 Å². The predicted octanol–water partition coefficient (Wildman–Crippen LogP) is 2.36. The number of ether oxygens (including phenoxy) is 2. The highest BCUT2D eigenvalue weighted by Gasteiger charge is 2.22. The zero-order chi connectivity index (χ0) is 16.9. The van der Waals surface area contributed by atoms with Crippen molar-refractivity contribution in [1.82, 2.24) is 5.32 Å². The van der Waals surface area contributed by atoms with Gasteiger partial charge in [0.2, 0.25) is 5.91 Å². The normalized spacial score (nSPS) is 16.1. The molecule has 1 aromatic rings. The number of rotatable bonds is 5. The van der Waals surface area contributed by atoms with Crippen molar-refractivity contribution in [1.29, 1.82) is 0 Å². The number of methoxy groups -OCH3 is 2. The molecular formula is C16H23N3O3S. The number of amidine groups is 1. The topological polar surface area (TPSA) is 72.0 Å². The van der Waals surface area contributed by atoms with E-state index in [9.17, 15) is 4.79 Å². The summed E-state index contributed by atoms with van der Waals surface area (Å²) < 4.78 is 10.4.